The van der Waals surface area contributed by atoms with Crippen molar-refractivity contribution in [1.29, 1.82) is 0 Å². The molecule has 18 heteroatoms. The Labute approximate surface area is 368 Å². The standard InChI is InChI=1S/C44H53ClF2N8O6S/c1-44(2,3)61-34(56)13-26-58-24-7-14-52-16-18-53(19-17-52)15-8-25-59-42-50-37-31(27-32(45)35(36(37)47)30-11-12-33(46)39-38(30)49-41(48)62-39)40(51-42)54-20-22-55(23-21-54)43(57)60-28-29-9-5-4-6-10-29/h4-6,9-12,27H,7-8,13-26,28H2,1-3H3,(H2,48,49). The molecule has 0 unspecified atom stereocenters. The van der Waals surface area contributed by atoms with Crippen LogP contribution in [0.15, 0.2) is 48.5 Å². The molecule has 1 amide bonds. The van der Waals surface area contributed by atoms with Gasteiger partial charge in [-0.3, -0.25) is 4.79 Å². The zero-order chi connectivity index (χ0) is 43.8. The monoisotopic (exact) mass is 894 g/mol. The molecule has 332 valence electrons. The molecule has 62 heavy (non-hydrogen) atoms. The Morgan fingerprint density at radius 3 is 2.24 bits per heavy atom. The number of aromatic nitrogens is 3. The summed E-state index contributed by atoms with van der Waals surface area (Å²) in [7, 11) is 0. The molecular formula is C44H53ClF2N8O6S. The van der Waals surface area contributed by atoms with Gasteiger partial charge in [0, 0.05) is 88.6 Å². The normalized spacial score (nSPS) is 15.4. The lowest BCUT2D eigenvalue weighted by atomic mass is 10.0. The average Bonchev–Trinajstić information content (AvgIpc) is 3.66. The minimum absolute atomic E-state index is 0.00432. The van der Waals surface area contributed by atoms with Gasteiger partial charge >= 0.3 is 18.1 Å². The highest BCUT2D eigenvalue weighted by Gasteiger charge is 2.28. The van der Waals surface area contributed by atoms with E-state index in [1.807, 2.05) is 56.0 Å². The number of carbonyl (C=O) groups excluding carboxylic acids is 2. The summed E-state index contributed by atoms with van der Waals surface area (Å²) in [6.45, 7) is 13.9. The zero-order valence-corrected chi connectivity index (χ0v) is 36.9. The number of hydrogen-bond acceptors (Lipinski definition) is 14. The van der Waals surface area contributed by atoms with Crippen molar-refractivity contribution in [2.24, 2.45) is 0 Å². The fraction of sp³-hybridized carbons (Fsp3) is 0.477. The number of benzene rings is 3. The Hall–Kier alpha value is -4.94. The molecule has 2 N–H and O–H groups in total. The Bertz CT molecular complexity index is 2340. The SMILES string of the molecule is CC(C)(C)OC(=O)CCOCCCN1CCN(CCCOc2nc(N3CCN(C(=O)OCc4ccccc4)CC3)c3cc(Cl)c(-c4ccc(F)c5sc(N)nc45)c(F)c3n2)CC1. The van der Waals surface area contributed by atoms with Gasteiger partial charge in [0.05, 0.1) is 34.9 Å². The van der Waals surface area contributed by atoms with Gasteiger partial charge in [0.1, 0.15) is 29.4 Å². The lowest BCUT2D eigenvalue weighted by Gasteiger charge is -2.35. The van der Waals surface area contributed by atoms with Gasteiger partial charge in [-0.1, -0.05) is 53.3 Å². The summed E-state index contributed by atoms with van der Waals surface area (Å²) in [6.07, 6.45) is 1.41. The fourth-order valence-corrected chi connectivity index (χ4v) is 8.60. The van der Waals surface area contributed by atoms with Gasteiger partial charge in [-0.25, -0.2) is 18.6 Å². The van der Waals surface area contributed by atoms with Gasteiger partial charge < -0.3 is 44.3 Å². The fourth-order valence-electron chi connectivity index (χ4n) is 7.55. The van der Waals surface area contributed by atoms with Crippen LogP contribution < -0.4 is 15.4 Å². The highest BCUT2D eigenvalue weighted by molar-refractivity contribution is 7.22. The Morgan fingerprint density at radius 1 is 0.855 bits per heavy atom. The molecule has 14 nitrogen and oxygen atoms in total. The second-order valence-electron chi connectivity index (χ2n) is 16.3. The van der Waals surface area contributed by atoms with E-state index in [1.54, 1.807) is 11.0 Å². The second-order valence-corrected chi connectivity index (χ2v) is 17.7. The molecule has 2 saturated heterocycles. The molecule has 2 aliphatic rings. The van der Waals surface area contributed by atoms with E-state index in [-0.39, 0.29) is 62.0 Å². The molecule has 5 aromatic rings. The Morgan fingerprint density at radius 2 is 1.55 bits per heavy atom. The second kappa shape index (κ2) is 20.5. The van der Waals surface area contributed by atoms with E-state index in [2.05, 4.69) is 19.8 Å². The van der Waals surface area contributed by atoms with Crippen LogP contribution in [0, 0.1) is 11.6 Å². The molecule has 0 radical (unpaired) electrons. The van der Waals surface area contributed by atoms with Gasteiger partial charge in [0.15, 0.2) is 10.9 Å². The van der Waals surface area contributed by atoms with Gasteiger partial charge in [0.2, 0.25) is 0 Å². The number of nitrogens with zero attached hydrogens (tertiary/aromatic N) is 7. The van der Waals surface area contributed by atoms with E-state index in [4.69, 9.17) is 41.3 Å². The highest BCUT2D eigenvalue weighted by atomic mass is 35.5. The molecule has 0 atom stereocenters. The lowest BCUT2D eigenvalue weighted by Crippen LogP contribution is -2.49. The number of rotatable bonds is 16. The van der Waals surface area contributed by atoms with Crippen molar-refractivity contribution < 1.29 is 37.3 Å². The van der Waals surface area contributed by atoms with Crippen molar-refractivity contribution in [3.63, 3.8) is 0 Å². The number of carbonyl (C=O) groups is 2. The van der Waals surface area contributed by atoms with E-state index < -0.39 is 23.3 Å². The number of nitrogens with two attached hydrogens (primary N) is 1. The van der Waals surface area contributed by atoms with Crippen LogP contribution in [0.3, 0.4) is 0 Å². The molecule has 0 bridgehead atoms. The number of thiazole rings is 1. The molecular weight excluding hydrogens is 842 g/mol. The number of nitrogen functional groups attached to an aromatic ring is 1. The first-order valence-corrected chi connectivity index (χ1v) is 22.1. The number of hydrogen-bond donors (Lipinski definition) is 1. The van der Waals surface area contributed by atoms with Gasteiger partial charge in [-0.15, -0.1) is 0 Å². The number of amides is 1. The van der Waals surface area contributed by atoms with Crippen LogP contribution in [0.4, 0.5) is 24.5 Å². The summed E-state index contributed by atoms with van der Waals surface area (Å²) in [5.74, 6) is -1.08. The van der Waals surface area contributed by atoms with Gasteiger partial charge in [-0.2, -0.15) is 9.97 Å². The van der Waals surface area contributed by atoms with Gasteiger partial charge in [0.25, 0.3) is 0 Å². The van der Waals surface area contributed by atoms with E-state index in [0.29, 0.717) is 63.6 Å². The summed E-state index contributed by atoms with van der Waals surface area (Å²) in [4.78, 5) is 46.9. The van der Waals surface area contributed by atoms with Crippen LogP contribution in [0.1, 0.15) is 45.6 Å². The predicted octanol–water partition coefficient (Wildman–Crippen LogP) is 7.40. The first kappa shape index (κ1) is 45.1. The van der Waals surface area contributed by atoms with Crippen LogP contribution in [-0.2, 0) is 25.6 Å². The molecule has 2 fully saturated rings. The minimum Gasteiger partial charge on any atom is -0.463 e. The third-order valence-corrected chi connectivity index (χ3v) is 11.8. The Balaban J connectivity index is 0.983. The maximum Gasteiger partial charge on any atom is 0.410 e. The van der Waals surface area contributed by atoms with E-state index >= 15 is 4.39 Å². The van der Waals surface area contributed by atoms with Crippen LogP contribution in [0.25, 0.3) is 32.2 Å². The summed E-state index contributed by atoms with van der Waals surface area (Å²) < 4.78 is 54.6. The summed E-state index contributed by atoms with van der Waals surface area (Å²) >= 11 is 7.83. The molecule has 2 aromatic heterocycles. The smallest absolute Gasteiger partial charge is 0.410 e. The summed E-state index contributed by atoms with van der Waals surface area (Å²) in [5.41, 5.74) is 6.84. The van der Waals surface area contributed by atoms with Crippen molar-refractivity contribution in [2.75, 3.05) is 95.9 Å². The molecule has 0 spiro atoms. The Kier molecular flexibility index (Phi) is 14.9. The molecule has 2 aliphatic heterocycles. The summed E-state index contributed by atoms with van der Waals surface area (Å²) in [6, 6.07) is 13.8. The summed E-state index contributed by atoms with van der Waals surface area (Å²) in [5, 5.41) is 0.578. The first-order chi connectivity index (χ1) is 29.8. The van der Waals surface area contributed by atoms with Crippen LogP contribution >= 0.6 is 22.9 Å². The molecule has 4 heterocycles. The topological polar surface area (TPSA) is 149 Å². The van der Waals surface area contributed by atoms with Crippen molar-refractivity contribution in [3.8, 4) is 17.1 Å². The minimum atomic E-state index is -0.728. The third-order valence-electron chi connectivity index (χ3n) is 10.6. The number of fused-ring (bicyclic) bond motifs is 2. The van der Waals surface area contributed by atoms with Crippen molar-refractivity contribution in [2.45, 2.75) is 52.2 Å². The number of piperazine rings is 2. The lowest BCUT2D eigenvalue weighted by molar-refractivity contribution is -0.156. The number of anilines is 2. The quantitative estimate of drug-likeness (QED) is 0.0776. The largest absolute Gasteiger partial charge is 0.463 e. The predicted molar refractivity (Wildman–Crippen MR) is 237 cm³/mol. The van der Waals surface area contributed by atoms with Gasteiger partial charge in [-0.05, 0) is 57.4 Å². The maximum atomic E-state index is 16.9. The molecule has 0 aliphatic carbocycles. The van der Waals surface area contributed by atoms with Crippen LogP contribution in [0.5, 0.6) is 6.01 Å². The van der Waals surface area contributed by atoms with Crippen molar-refractivity contribution in [3.05, 3.63) is 70.8 Å². The van der Waals surface area contributed by atoms with Crippen molar-refractivity contribution in [1.82, 2.24) is 29.7 Å². The number of ether oxygens (including phenoxy) is 4. The zero-order valence-electron chi connectivity index (χ0n) is 35.3. The molecule has 7 rings (SSSR count). The van der Waals surface area contributed by atoms with E-state index in [0.717, 1.165) is 62.6 Å². The first-order valence-electron chi connectivity index (χ1n) is 21.0. The van der Waals surface area contributed by atoms with E-state index in [1.165, 1.54) is 12.1 Å². The molecule has 0 saturated carbocycles. The highest BCUT2D eigenvalue weighted by Crippen LogP contribution is 2.42. The molecule has 3 aromatic carbocycles. The van der Waals surface area contributed by atoms with Crippen LogP contribution in [0.2, 0.25) is 5.02 Å². The maximum absolute atomic E-state index is 16.9. The van der Waals surface area contributed by atoms with Crippen LogP contribution in [-0.4, -0.2) is 133 Å². The third kappa shape index (κ3) is 11.5. The average molecular weight is 895 g/mol. The number of esters is 1. The number of halogens is 3. The van der Waals surface area contributed by atoms with E-state index in [9.17, 15) is 14.0 Å². The van der Waals surface area contributed by atoms with Crippen molar-refractivity contribution >= 4 is 67.1 Å².